The first-order valence-corrected chi connectivity index (χ1v) is 7.28. The quantitative estimate of drug-likeness (QED) is 0.774. The van der Waals surface area contributed by atoms with Crippen molar-refractivity contribution >= 4 is 29.0 Å². The maximum absolute atomic E-state index is 12.4. The number of para-hydroxylation sites is 1. The van der Waals surface area contributed by atoms with Crippen LogP contribution in [0.25, 0.3) is 5.69 Å². The predicted molar refractivity (Wildman–Crippen MR) is 89.9 cm³/mol. The number of nitrogens with two attached hydrogens (primary N) is 1. The van der Waals surface area contributed by atoms with E-state index in [-0.39, 0.29) is 11.5 Å². The number of carbonyl (C=O) groups excluding carboxylic acids is 1. The fourth-order valence-electron chi connectivity index (χ4n) is 2.12. The van der Waals surface area contributed by atoms with Gasteiger partial charge < -0.3 is 11.1 Å². The first-order valence-electron chi connectivity index (χ1n) is 6.90. The van der Waals surface area contributed by atoms with Crippen LogP contribution in [-0.4, -0.2) is 20.9 Å². The molecule has 0 aliphatic carbocycles. The Morgan fingerprint density at radius 2 is 1.87 bits per heavy atom. The zero-order chi connectivity index (χ0) is 16.4. The number of carbonyl (C=O) groups is 1. The van der Waals surface area contributed by atoms with E-state index in [4.69, 9.17) is 17.3 Å². The van der Waals surface area contributed by atoms with Crippen LogP contribution in [0.15, 0.2) is 48.5 Å². The van der Waals surface area contributed by atoms with Crippen LogP contribution in [0, 0.1) is 6.92 Å². The van der Waals surface area contributed by atoms with Gasteiger partial charge in [-0.3, -0.25) is 4.79 Å². The van der Waals surface area contributed by atoms with Gasteiger partial charge in [-0.05, 0) is 42.8 Å². The SMILES string of the molecule is Cc1ccccc1NC(=O)c1nnn(-c2ccc(Cl)cc2)c1N. The van der Waals surface area contributed by atoms with Crippen molar-refractivity contribution in [3.63, 3.8) is 0 Å². The molecular formula is C16H14ClN5O. The number of halogens is 1. The van der Waals surface area contributed by atoms with E-state index in [1.165, 1.54) is 4.68 Å². The first-order chi connectivity index (χ1) is 11.1. The molecule has 1 aromatic heterocycles. The molecule has 0 atom stereocenters. The number of hydrogen-bond acceptors (Lipinski definition) is 4. The number of hydrogen-bond donors (Lipinski definition) is 2. The topological polar surface area (TPSA) is 85.8 Å². The van der Waals surface area contributed by atoms with Crippen molar-refractivity contribution in [1.29, 1.82) is 0 Å². The summed E-state index contributed by atoms with van der Waals surface area (Å²) in [5.74, 6) is -0.240. The molecule has 7 heteroatoms. The van der Waals surface area contributed by atoms with E-state index in [0.29, 0.717) is 16.4 Å². The summed E-state index contributed by atoms with van der Waals surface area (Å²) < 4.78 is 1.39. The average molecular weight is 328 g/mol. The van der Waals surface area contributed by atoms with E-state index in [0.717, 1.165) is 5.56 Å². The Labute approximate surface area is 137 Å². The summed E-state index contributed by atoms with van der Waals surface area (Å²) in [4.78, 5) is 12.4. The van der Waals surface area contributed by atoms with Crippen LogP contribution in [0.1, 0.15) is 16.1 Å². The van der Waals surface area contributed by atoms with Gasteiger partial charge in [-0.25, -0.2) is 0 Å². The Balaban J connectivity index is 1.88. The van der Waals surface area contributed by atoms with Gasteiger partial charge in [-0.15, -0.1) is 5.10 Å². The largest absolute Gasteiger partial charge is 0.382 e. The number of benzene rings is 2. The van der Waals surface area contributed by atoms with Crippen molar-refractivity contribution in [3.05, 3.63) is 64.8 Å². The van der Waals surface area contributed by atoms with E-state index in [1.807, 2.05) is 31.2 Å². The van der Waals surface area contributed by atoms with E-state index in [1.54, 1.807) is 24.3 Å². The molecule has 0 unspecified atom stereocenters. The molecule has 1 amide bonds. The summed E-state index contributed by atoms with van der Waals surface area (Å²) in [7, 11) is 0. The van der Waals surface area contributed by atoms with E-state index >= 15 is 0 Å². The summed E-state index contributed by atoms with van der Waals surface area (Å²) in [6, 6.07) is 14.4. The zero-order valence-electron chi connectivity index (χ0n) is 12.3. The van der Waals surface area contributed by atoms with Crippen LogP contribution in [0.5, 0.6) is 0 Å². The van der Waals surface area contributed by atoms with Gasteiger partial charge in [0, 0.05) is 10.7 Å². The minimum atomic E-state index is -0.406. The van der Waals surface area contributed by atoms with Gasteiger partial charge in [0.05, 0.1) is 5.69 Å². The van der Waals surface area contributed by atoms with Gasteiger partial charge >= 0.3 is 0 Å². The number of nitrogen functional groups attached to an aromatic ring is 1. The number of aromatic nitrogens is 3. The van der Waals surface area contributed by atoms with Gasteiger partial charge in [0.15, 0.2) is 11.5 Å². The molecule has 23 heavy (non-hydrogen) atoms. The molecule has 3 aromatic rings. The third-order valence-electron chi connectivity index (χ3n) is 3.38. The lowest BCUT2D eigenvalue weighted by Crippen LogP contribution is -2.15. The molecule has 3 N–H and O–H groups in total. The highest BCUT2D eigenvalue weighted by Crippen LogP contribution is 2.19. The normalized spacial score (nSPS) is 10.5. The highest BCUT2D eigenvalue weighted by molar-refractivity contribution is 6.30. The Morgan fingerprint density at radius 1 is 1.17 bits per heavy atom. The summed E-state index contributed by atoms with van der Waals surface area (Å²) in [6.45, 7) is 1.91. The van der Waals surface area contributed by atoms with Gasteiger partial charge in [-0.2, -0.15) is 4.68 Å². The van der Waals surface area contributed by atoms with Crippen molar-refractivity contribution in [2.75, 3.05) is 11.1 Å². The molecule has 0 bridgehead atoms. The Hall–Kier alpha value is -2.86. The molecule has 116 valence electrons. The van der Waals surface area contributed by atoms with Crippen LogP contribution >= 0.6 is 11.6 Å². The second-order valence-corrected chi connectivity index (χ2v) is 5.42. The van der Waals surface area contributed by atoms with Gasteiger partial charge in [0.25, 0.3) is 5.91 Å². The first kappa shape index (κ1) is 15.1. The molecule has 3 rings (SSSR count). The third kappa shape index (κ3) is 3.02. The lowest BCUT2D eigenvalue weighted by Gasteiger charge is -2.07. The van der Waals surface area contributed by atoms with Gasteiger partial charge in [0.1, 0.15) is 0 Å². The monoisotopic (exact) mass is 327 g/mol. The van der Waals surface area contributed by atoms with E-state index < -0.39 is 5.91 Å². The average Bonchev–Trinajstić information content (AvgIpc) is 2.92. The van der Waals surface area contributed by atoms with Crippen molar-refractivity contribution in [2.45, 2.75) is 6.92 Å². The van der Waals surface area contributed by atoms with Crippen LogP contribution in [0.4, 0.5) is 11.5 Å². The van der Waals surface area contributed by atoms with Crippen molar-refractivity contribution in [2.24, 2.45) is 0 Å². The zero-order valence-corrected chi connectivity index (χ0v) is 13.1. The predicted octanol–water partition coefficient (Wildman–Crippen LogP) is 3.06. The van der Waals surface area contributed by atoms with Crippen molar-refractivity contribution in [3.8, 4) is 5.69 Å². The number of rotatable bonds is 3. The number of nitrogens with one attached hydrogen (secondary N) is 1. The second kappa shape index (κ2) is 6.10. The lowest BCUT2D eigenvalue weighted by molar-refractivity contribution is 0.102. The van der Waals surface area contributed by atoms with Crippen LogP contribution in [-0.2, 0) is 0 Å². The number of nitrogens with zero attached hydrogens (tertiary/aromatic N) is 3. The molecule has 1 heterocycles. The van der Waals surface area contributed by atoms with Gasteiger partial charge in [0.2, 0.25) is 0 Å². The molecule has 0 spiro atoms. The second-order valence-electron chi connectivity index (χ2n) is 4.98. The summed E-state index contributed by atoms with van der Waals surface area (Å²) in [5, 5.41) is 11.2. The smallest absolute Gasteiger partial charge is 0.280 e. The standard InChI is InChI=1S/C16H14ClN5O/c1-10-4-2-3-5-13(10)19-16(23)14-15(18)22(21-20-14)12-8-6-11(17)7-9-12/h2-9H,18H2,1H3,(H,19,23). The number of anilines is 2. The summed E-state index contributed by atoms with van der Waals surface area (Å²) >= 11 is 5.86. The van der Waals surface area contributed by atoms with Gasteiger partial charge in [-0.1, -0.05) is 35.0 Å². The molecule has 0 saturated carbocycles. The Bertz CT molecular complexity index is 857. The molecule has 0 saturated heterocycles. The minimum absolute atomic E-state index is 0.0724. The highest BCUT2D eigenvalue weighted by atomic mass is 35.5. The molecule has 2 aromatic carbocycles. The Kier molecular flexibility index (Phi) is 3.99. The maximum Gasteiger partial charge on any atom is 0.280 e. The number of aryl methyl sites for hydroxylation is 1. The molecular weight excluding hydrogens is 314 g/mol. The minimum Gasteiger partial charge on any atom is -0.382 e. The maximum atomic E-state index is 12.4. The summed E-state index contributed by atoms with van der Waals surface area (Å²) in [5.41, 5.74) is 8.41. The molecule has 0 radical (unpaired) electrons. The Morgan fingerprint density at radius 3 is 2.57 bits per heavy atom. The van der Waals surface area contributed by atoms with Crippen LogP contribution in [0.2, 0.25) is 5.02 Å². The fraction of sp³-hybridized carbons (Fsp3) is 0.0625. The molecule has 0 aliphatic rings. The van der Waals surface area contributed by atoms with Crippen molar-refractivity contribution < 1.29 is 4.79 Å². The highest BCUT2D eigenvalue weighted by Gasteiger charge is 2.18. The summed E-state index contributed by atoms with van der Waals surface area (Å²) in [6.07, 6.45) is 0. The molecule has 0 fully saturated rings. The van der Waals surface area contributed by atoms with E-state index in [2.05, 4.69) is 15.6 Å². The number of amides is 1. The molecule has 0 aliphatic heterocycles. The lowest BCUT2D eigenvalue weighted by atomic mass is 10.2. The van der Waals surface area contributed by atoms with E-state index in [9.17, 15) is 4.79 Å². The van der Waals surface area contributed by atoms with Crippen LogP contribution < -0.4 is 11.1 Å². The molecule has 6 nitrogen and oxygen atoms in total. The third-order valence-corrected chi connectivity index (χ3v) is 3.64. The van der Waals surface area contributed by atoms with Crippen LogP contribution in [0.3, 0.4) is 0 Å². The van der Waals surface area contributed by atoms with Crippen molar-refractivity contribution in [1.82, 2.24) is 15.0 Å². The fourth-order valence-corrected chi connectivity index (χ4v) is 2.24.